The number of nitrogens with two attached hydrogens (primary N) is 1. The van der Waals surface area contributed by atoms with Gasteiger partial charge in [0.1, 0.15) is 5.01 Å². The molecule has 0 fully saturated rings. The first-order valence-corrected chi connectivity index (χ1v) is 6.62. The minimum absolute atomic E-state index is 0.136. The Bertz CT molecular complexity index is 355. The third-order valence-corrected chi connectivity index (χ3v) is 4.56. The Kier molecular flexibility index (Phi) is 2.86. The van der Waals surface area contributed by atoms with Crippen molar-refractivity contribution in [2.45, 2.75) is 57.9 Å². The molecule has 0 aromatic carbocycles. The summed E-state index contributed by atoms with van der Waals surface area (Å²) in [6, 6.07) is 0.136. The topological polar surface area (TPSA) is 38.9 Å². The molecule has 3 heteroatoms. The Labute approximate surface area is 95.9 Å². The average molecular weight is 224 g/mol. The van der Waals surface area contributed by atoms with E-state index in [9.17, 15) is 0 Å². The number of rotatable bonds is 2. The van der Waals surface area contributed by atoms with Crippen LogP contribution in [0.2, 0.25) is 0 Å². The molecule has 1 unspecified atom stereocenters. The van der Waals surface area contributed by atoms with Gasteiger partial charge in [0.15, 0.2) is 0 Å². The number of aryl methyl sites for hydroxylation is 1. The summed E-state index contributed by atoms with van der Waals surface area (Å²) in [6.45, 7) is 6.72. The molecule has 0 bridgehead atoms. The zero-order chi connectivity index (χ0) is 11.1. The molecule has 0 amide bonds. The molecule has 0 saturated carbocycles. The summed E-state index contributed by atoms with van der Waals surface area (Å²) in [5, 5.41) is 1.14. The highest BCUT2D eigenvalue weighted by Crippen LogP contribution is 2.40. The third-order valence-electron chi connectivity index (χ3n) is 3.32. The number of thiazole rings is 1. The van der Waals surface area contributed by atoms with E-state index in [-0.39, 0.29) is 11.5 Å². The molecule has 0 radical (unpaired) electrons. The molecule has 2 rings (SSSR count). The molecule has 0 saturated heterocycles. The molecular formula is C12H20N2S. The summed E-state index contributed by atoms with van der Waals surface area (Å²) in [5.41, 5.74) is 7.62. The van der Waals surface area contributed by atoms with Crippen molar-refractivity contribution in [3.8, 4) is 0 Å². The molecule has 2 N–H and O–H groups in total. The summed E-state index contributed by atoms with van der Waals surface area (Å²) in [5.74, 6) is 0. The van der Waals surface area contributed by atoms with Crippen molar-refractivity contribution in [3.63, 3.8) is 0 Å². The maximum atomic E-state index is 6.04. The smallest absolute Gasteiger partial charge is 0.110 e. The van der Waals surface area contributed by atoms with Gasteiger partial charge in [0, 0.05) is 10.3 Å². The van der Waals surface area contributed by atoms with Crippen LogP contribution in [-0.2, 0) is 11.8 Å². The van der Waals surface area contributed by atoms with Gasteiger partial charge in [-0.1, -0.05) is 20.8 Å². The lowest BCUT2D eigenvalue weighted by molar-refractivity contribution is 0.422. The Morgan fingerprint density at radius 3 is 2.87 bits per heavy atom. The van der Waals surface area contributed by atoms with Gasteiger partial charge in [-0.15, -0.1) is 11.3 Å². The van der Waals surface area contributed by atoms with Crippen molar-refractivity contribution < 1.29 is 0 Å². The molecule has 84 valence electrons. The van der Waals surface area contributed by atoms with Crippen LogP contribution in [-0.4, -0.2) is 4.98 Å². The van der Waals surface area contributed by atoms with E-state index >= 15 is 0 Å². The highest BCUT2D eigenvalue weighted by molar-refractivity contribution is 7.11. The molecule has 1 heterocycles. The highest BCUT2D eigenvalue weighted by Gasteiger charge is 2.31. The van der Waals surface area contributed by atoms with Crippen molar-refractivity contribution in [3.05, 3.63) is 15.6 Å². The van der Waals surface area contributed by atoms with Gasteiger partial charge < -0.3 is 5.73 Å². The molecule has 0 spiro atoms. The van der Waals surface area contributed by atoms with E-state index in [2.05, 4.69) is 20.8 Å². The van der Waals surface area contributed by atoms with Gasteiger partial charge in [-0.25, -0.2) is 4.98 Å². The molecule has 2 nitrogen and oxygen atoms in total. The van der Waals surface area contributed by atoms with Crippen molar-refractivity contribution in [2.24, 2.45) is 5.73 Å². The van der Waals surface area contributed by atoms with Crippen LogP contribution >= 0.6 is 11.3 Å². The Balaban J connectivity index is 2.38. The monoisotopic (exact) mass is 224 g/mol. The third kappa shape index (κ3) is 1.95. The first kappa shape index (κ1) is 11.1. The van der Waals surface area contributed by atoms with Crippen LogP contribution in [0.5, 0.6) is 0 Å². The number of hydrogen-bond acceptors (Lipinski definition) is 3. The second-order valence-corrected chi connectivity index (χ2v) is 6.19. The molecule has 1 aliphatic rings. The quantitative estimate of drug-likeness (QED) is 0.838. The molecule has 1 atom stereocenters. The van der Waals surface area contributed by atoms with E-state index in [1.54, 1.807) is 0 Å². The number of aromatic nitrogens is 1. The van der Waals surface area contributed by atoms with Crippen molar-refractivity contribution in [1.82, 2.24) is 4.98 Å². The second-order valence-electron chi connectivity index (χ2n) is 5.08. The van der Waals surface area contributed by atoms with Crippen LogP contribution in [0.25, 0.3) is 0 Å². The lowest BCUT2D eigenvalue weighted by Crippen LogP contribution is -2.23. The number of fused-ring (bicyclic) bond motifs is 1. The van der Waals surface area contributed by atoms with Crippen LogP contribution in [0.1, 0.15) is 61.7 Å². The molecule has 15 heavy (non-hydrogen) atoms. The largest absolute Gasteiger partial charge is 0.322 e. The molecular weight excluding hydrogens is 204 g/mol. The van der Waals surface area contributed by atoms with E-state index in [1.807, 2.05) is 11.3 Å². The van der Waals surface area contributed by atoms with Crippen LogP contribution in [0.4, 0.5) is 0 Å². The van der Waals surface area contributed by atoms with Crippen LogP contribution in [0.15, 0.2) is 0 Å². The zero-order valence-corrected chi connectivity index (χ0v) is 10.7. The fraction of sp³-hybridized carbons (Fsp3) is 0.750. The molecule has 1 aromatic heterocycles. The summed E-state index contributed by atoms with van der Waals surface area (Å²) in [4.78, 5) is 6.24. The van der Waals surface area contributed by atoms with Crippen molar-refractivity contribution in [2.75, 3.05) is 0 Å². The van der Waals surface area contributed by atoms with E-state index < -0.39 is 0 Å². The number of nitrogens with zero attached hydrogens (tertiary/aromatic N) is 1. The maximum absolute atomic E-state index is 6.04. The van der Waals surface area contributed by atoms with E-state index in [0.29, 0.717) is 0 Å². The van der Waals surface area contributed by atoms with E-state index in [1.165, 1.54) is 29.8 Å². The Morgan fingerprint density at radius 2 is 2.27 bits per heavy atom. The summed E-state index contributed by atoms with van der Waals surface area (Å²) < 4.78 is 0. The van der Waals surface area contributed by atoms with Gasteiger partial charge in [-0.3, -0.25) is 0 Å². The summed E-state index contributed by atoms with van der Waals surface area (Å²) in [7, 11) is 0. The SMILES string of the molecule is CCC(N)c1nc2c(s1)CCCC2(C)C. The lowest BCUT2D eigenvalue weighted by atomic mass is 9.79. The summed E-state index contributed by atoms with van der Waals surface area (Å²) >= 11 is 1.83. The van der Waals surface area contributed by atoms with Gasteiger partial charge in [0.05, 0.1) is 11.7 Å². The fourth-order valence-electron chi connectivity index (χ4n) is 2.21. The van der Waals surface area contributed by atoms with E-state index in [0.717, 1.165) is 11.4 Å². The van der Waals surface area contributed by atoms with Gasteiger partial charge in [0.25, 0.3) is 0 Å². The standard InChI is InChI=1S/C12H20N2S/c1-4-8(13)11-14-10-9(15-11)6-5-7-12(10,2)3/h8H,4-7,13H2,1-3H3. The van der Waals surface area contributed by atoms with Crippen molar-refractivity contribution in [1.29, 1.82) is 0 Å². The first-order valence-electron chi connectivity index (χ1n) is 5.80. The van der Waals surface area contributed by atoms with Crippen LogP contribution in [0, 0.1) is 0 Å². The van der Waals surface area contributed by atoms with E-state index in [4.69, 9.17) is 10.7 Å². The van der Waals surface area contributed by atoms with Gasteiger partial charge in [-0.2, -0.15) is 0 Å². The Hall–Kier alpha value is -0.410. The average Bonchev–Trinajstić information content (AvgIpc) is 2.61. The predicted molar refractivity (Wildman–Crippen MR) is 65.3 cm³/mol. The second kappa shape index (κ2) is 3.87. The first-order chi connectivity index (χ1) is 7.04. The van der Waals surface area contributed by atoms with Gasteiger partial charge >= 0.3 is 0 Å². The Morgan fingerprint density at radius 1 is 1.53 bits per heavy atom. The number of hydrogen-bond donors (Lipinski definition) is 1. The normalized spacial score (nSPS) is 21.1. The highest BCUT2D eigenvalue weighted by atomic mass is 32.1. The van der Waals surface area contributed by atoms with Crippen LogP contribution in [0.3, 0.4) is 0 Å². The minimum Gasteiger partial charge on any atom is -0.322 e. The summed E-state index contributed by atoms with van der Waals surface area (Å²) in [6.07, 6.45) is 4.73. The van der Waals surface area contributed by atoms with Crippen LogP contribution < -0.4 is 5.73 Å². The predicted octanol–water partition coefficient (Wildman–Crippen LogP) is 3.17. The van der Waals surface area contributed by atoms with Gasteiger partial charge in [-0.05, 0) is 25.7 Å². The molecule has 0 aliphatic heterocycles. The lowest BCUT2D eigenvalue weighted by Gasteiger charge is -2.28. The minimum atomic E-state index is 0.136. The molecule has 1 aromatic rings. The van der Waals surface area contributed by atoms with Gasteiger partial charge in [0.2, 0.25) is 0 Å². The molecule has 1 aliphatic carbocycles. The zero-order valence-electron chi connectivity index (χ0n) is 9.84. The fourth-order valence-corrected chi connectivity index (χ4v) is 3.58. The van der Waals surface area contributed by atoms with Crippen molar-refractivity contribution >= 4 is 11.3 Å². The maximum Gasteiger partial charge on any atom is 0.110 e.